The molecular weight excluding hydrogens is 883 g/mol. The molecule has 0 fully saturated rings. The minimum atomic E-state index is -0.565. The average molecular weight is 930 g/mol. The fraction of sp³-hybridized carbons (Fsp3) is 0.0141. The van der Waals surface area contributed by atoms with E-state index in [-0.39, 0.29) is 0 Å². The largest absolute Gasteiger partial charge is 0.455 e. The molecule has 0 atom stereocenters. The topological polar surface area (TPSA) is 16.4 Å². The molecular formula is C71H47NO. The smallest absolute Gasteiger partial charge is 0.143 e. The minimum Gasteiger partial charge on any atom is -0.455 e. The van der Waals surface area contributed by atoms with Crippen LogP contribution in [0.3, 0.4) is 0 Å². The first-order valence-corrected chi connectivity index (χ1v) is 25.2. The second-order valence-corrected chi connectivity index (χ2v) is 19.1. The summed E-state index contributed by atoms with van der Waals surface area (Å²) in [4.78, 5) is 2.45. The van der Waals surface area contributed by atoms with E-state index in [1.54, 1.807) is 0 Å². The first kappa shape index (κ1) is 42.4. The third kappa shape index (κ3) is 6.87. The molecule has 0 aliphatic heterocycles. The maximum absolute atomic E-state index is 7.04. The molecule has 0 saturated carbocycles. The molecule has 2 nitrogen and oxygen atoms in total. The predicted molar refractivity (Wildman–Crippen MR) is 305 cm³/mol. The molecule has 0 unspecified atom stereocenters. The van der Waals surface area contributed by atoms with E-state index in [0.717, 1.165) is 72.0 Å². The predicted octanol–water partition coefficient (Wildman–Crippen LogP) is 19.2. The molecule has 1 heterocycles. The summed E-state index contributed by atoms with van der Waals surface area (Å²) in [5.41, 5.74) is 21.1. The lowest BCUT2D eigenvalue weighted by atomic mass is 9.67. The molecule has 1 aliphatic carbocycles. The minimum absolute atomic E-state index is 0.565. The van der Waals surface area contributed by atoms with Crippen molar-refractivity contribution in [3.05, 3.63) is 307 Å². The van der Waals surface area contributed by atoms with Crippen molar-refractivity contribution in [1.29, 1.82) is 0 Å². The van der Waals surface area contributed by atoms with E-state index in [1.807, 2.05) is 0 Å². The summed E-state index contributed by atoms with van der Waals surface area (Å²) in [7, 11) is 0. The summed E-state index contributed by atoms with van der Waals surface area (Å²) in [6.45, 7) is 0. The molecule has 0 spiro atoms. The van der Waals surface area contributed by atoms with Gasteiger partial charge in [0.15, 0.2) is 0 Å². The van der Waals surface area contributed by atoms with E-state index in [9.17, 15) is 0 Å². The number of hydrogen-bond acceptors (Lipinski definition) is 2. The van der Waals surface area contributed by atoms with Gasteiger partial charge in [0.1, 0.15) is 11.2 Å². The zero-order valence-corrected chi connectivity index (χ0v) is 40.0. The molecule has 2 heteroatoms. The fourth-order valence-corrected chi connectivity index (χ4v) is 11.9. The molecule has 0 radical (unpaired) electrons. The molecule has 0 N–H and O–H groups in total. The Balaban J connectivity index is 0.984. The number of fused-ring (bicyclic) bond motifs is 8. The Bertz CT molecular complexity index is 4140. The lowest BCUT2D eigenvalue weighted by Gasteiger charge is -2.35. The van der Waals surface area contributed by atoms with Gasteiger partial charge in [-0.3, -0.25) is 0 Å². The van der Waals surface area contributed by atoms with Crippen LogP contribution in [0.2, 0.25) is 0 Å². The monoisotopic (exact) mass is 929 g/mol. The molecule has 0 saturated heterocycles. The number of anilines is 3. The van der Waals surface area contributed by atoms with Crippen LogP contribution in [0.4, 0.5) is 17.1 Å². The summed E-state index contributed by atoms with van der Waals surface area (Å²) < 4.78 is 7.04. The van der Waals surface area contributed by atoms with Gasteiger partial charge in [-0.1, -0.05) is 243 Å². The molecule has 14 rings (SSSR count). The third-order valence-corrected chi connectivity index (χ3v) is 15.2. The van der Waals surface area contributed by atoms with E-state index >= 15 is 0 Å². The lowest BCUT2D eigenvalue weighted by molar-refractivity contribution is 0.674. The highest BCUT2D eigenvalue weighted by Crippen LogP contribution is 2.58. The average Bonchev–Trinajstić information content (AvgIpc) is 4.01. The summed E-state index contributed by atoms with van der Waals surface area (Å²) in [5.74, 6) is 0. The van der Waals surface area contributed by atoms with Crippen LogP contribution in [0.5, 0.6) is 0 Å². The SMILES string of the molecule is c1ccc(-c2ccc(-c3ccc(N(c4ccc5c(c4)C(c4ccccc4)(c4ccccc4)c4ccccc4-5)c4ccccc4-c4cccc5c4oc4c6ccccc6ccc54)cc3)cc2-c2ccccc2)cc1. The van der Waals surface area contributed by atoms with Crippen LogP contribution < -0.4 is 4.90 Å². The van der Waals surface area contributed by atoms with Gasteiger partial charge < -0.3 is 9.32 Å². The van der Waals surface area contributed by atoms with Gasteiger partial charge in [-0.05, 0) is 115 Å². The van der Waals surface area contributed by atoms with Gasteiger partial charge in [0, 0.05) is 38.7 Å². The molecule has 0 amide bonds. The number of hydrogen-bond donors (Lipinski definition) is 0. The van der Waals surface area contributed by atoms with Crippen LogP contribution in [-0.2, 0) is 5.41 Å². The van der Waals surface area contributed by atoms with Crippen molar-refractivity contribution < 1.29 is 4.42 Å². The first-order valence-electron chi connectivity index (χ1n) is 25.2. The highest BCUT2D eigenvalue weighted by atomic mass is 16.3. The normalized spacial score (nSPS) is 12.5. The van der Waals surface area contributed by atoms with Gasteiger partial charge in [-0.15, -0.1) is 0 Å². The van der Waals surface area contributed by atoms with Crippen molar-refractivity contribution >= 4 is 49.8 Å². The Labute approximate surface area is 425 Å². The van der Waals surface area contributed by atoms with E-state index in [0.29, 0.717) is 0 Å². The molecule has 73 heavy (non-hydrogen) atoms. The standard InChI is InChI=1S/C71H47NO/c1-5-20-49(21-6-1)57-43-39-52(46-65(57)50-22-7-2-8-23-50)48-36-40-55(41-37-48)72(68-35-18-16-31-61(68)62-32-19-33-63-64-44-38-51-24-13-14-29-58(51)69(64)73-70(62)63)56-42-45-60-59-30-15-17-34-66(59)71(67(60)47-56,53-25-9-3-10-26-53)54-27-11-4-12-28-54/h1-47H. The number of benzene rings is 12. The van der Waals surface area contributed by atoms with Crippen LogP contribution in [-0.4, -0.2) is 0 Å². The quantitative estimate of drug-likeness (QED) is 0.143. The van der Waals surface area contributed by atoms with E-state index in [1.165, 1.54) is 55.6 Å². The fourth-order valence-electron chi connectivity index (χ4n) is 11.9. The summed E-state index contributed by atoms with van der Waals surface area (Å²) in [6, 6.07) is 104. The number of furan rings is 1. The van der Waals surface area contributed by atoms with E-state index < -0.39 is 5.41 Å². The van der Waals surface area contributed by atoms with E-state index in [2.05, 4.69) is 290 Å². The van der Waals surface area contributed by atoms with Gasteiger partial charge in [-0.25, -0.2) is 0 Å². The van der Waals surface area contributed by atoms with Crippen molar-refractivity contribution in [2.24, 2.45) is 0 Å². The Hall–Kier alpha value is -9.50. The summed E-state index contributed by atoms with van der Waals surface area (Å²) in [6.07, 6.45) is 0. The Morgan fingerprint density at radius 2 is 0.808 bits per heavy atom. The van der Waals surface area contributed by atoms with Crippen LogP contribution >= 0.6 is 0 Å². The van der Waals surface area contributed by atoms with Crippen molar-refractivity contribution in [2.45, 2.75) is 5.41 Å². The van der Waals surface area contributed by atoms with Crippen molar-refractivity contribution in [3.8, 4) is 55.6 Å². The maximum Gasteiger partial charge on any atom is 0.143 e. The van der Waals surface area contributed by atoms with Gasteiger partial charge in [0.2, 0.25) is 0 Å². The molecule has 342 valence electrons. The number of para-hydroxylation sites is 2. The molecule has 1 aliphatic rings. The molecule has 1 aromatic heterocycles. The second-order valence-electron chi connectivity index (χ2n) is 19.1. The van der Waals surface area contributed by atoms with Crippen molar-refractivity contribution in [3.63, 3.8) is 0 Å². The van der Waals surface area contributed by atoms with Gasteiger partial charge in [0.05, 0.1) is 11.1 Å². The highest BCUT2D eigenvalue weighted by Gasteiger charge is 2.46. The number of nitrogens with zero attached hydrogens (tertiary/aromatic N) is 1. The van der Waals surface area contributed by atoms with Gasteiger partial charge in [-0.2, -0.15) is 0 Å². The van der Waals surface area contributed by atoms with Crippen LogP contribution in [0.25, 0.3) is 88.3 Å². The second kappa shape index (κ2) is 17.4. The van der Waals surface area contributed by atoms with Crippen molar-refractivity contribution in [2.75, 3.05) is 4.90 Å². The Morgan fingerprint density at radius 3 is 1.55 bits per heavy atom. The zero-order valence-electron chi connectivity index (χ0n) is 40.0. The zero-order chi connectivity index (χ0) is 48.3. The molecule has 0 bridgehead atoms. The summed E-state index contributed by atoms with van der Waals surface area (Å²) >= 11 is 0. The Kier molecular flexibility index (Phi) is 10.1. The first-order chi connectivity index (χ1) is 36.2. The highest BCUT2D eigenvalue weighted by molar-refractivity contribution is 6.17. The molecule has 12 aromatic carbocycles. The third-order valence-electron chi connectivity index (χ3n) is 15.2. The van der Waals surface area contributed by atoms with Crippen LogP contribution in [0, 0.1) is 0 Å². The van der Waals surface area contributed by atoms with Crippen LogP contribution in [0.15, 0.2) is 290 Å². The van der Waals surface area contributed by atoms with E-state index in [4.69, 9.17) is 4.42 Å². The number of rotatable bonds is 9. The Morgan fingerprint density at radius 1 is 0.274 bits per heavy atom. The lowest BCUT2D eigenvalue weighted by Crippen LogP contribution is -2.28. The maximum atomic E-state index is 7.04. The van der Waals surface area contributed by atoms with Gasteiger partial charge >= 0.3 is 0 Å². The van der Waals surface area contributed by atoms with Crippen molar-refractivity contribution in [1.82, 2.24) is 0 Å². The van der Waals surface area contributed by atoms with Crippen LogP contribution in [0.1, 0.15) is 22.3 Å². The molecule has 13 aromatic rings. The summed E-state index contributed by atoms with van der Waals surface area (Å²) in [5, 5.41) is 4.49. The van der Waals surface area contributed by atoms with Gasteiger partial charge in [0.25, 0.3) is 0 Å².